The highest BCUT2D eigenvalue weighted by Crippen LogP contribution is 2.33. The summed E-state index contributed by atoms with van der Waals surface area (Å²) in [4.78, 5) is 33.1. The third kappa shape index (κ3) is 2.92. The second-order valence-corrected chi connectivity index (χ2v) is 6.53. The number of fused-ring (bicyclic) bond motifs is 1. The molecule has 130 valence electrons. The Labute approximate surface area is 140 Å². The van der Waals surface area contributed by atoms with Crippen molar-refractivity contribution in [2.75, 3.05) is 26.4 Å². The number of nitrogen functional groups attached to an aromatic ring is 1. The van der Waals surface area contributed by atoms with Gasteiger partial charge in [0.15, 0.2) is 18.0 Å². The summed E-state index contributed by atoms with van der Waals surface area (Å²) in [6.45, 7) is -0.250. The number of aromatic nitrogens is 3. The quantitative estimate of drug-likeness (QED) is 0.772. The van der Waals surface area contributed by atoms with E-state index in [0.29, 0.717) is 10.3 Å². The summed E-state index contributed by atoms with van der Waals surface area (Å²) in [7, 11) is 3.10. The number of hydrogen-bond acceptors (Lipinski definition) is 9. The first-order valence-corrected chi connectivity index (χ1v) is 8.00. The number of thiazole rings is 1. The van der Waals surface area contributed by atoms with Crippen LogP contribution < -0.4 is 10.6 Å². The van der Waals surface area contributed by atoms with Gasteiger partial charge in [-0.2, -0.15) is 4.98 Å². The molecule has 0 radical (unpaired) electrons. The van der Waals surface area contributed by atoms with Crippen molar-refractivity contribution in [3.63, 3.8) is 0 Å². The number of carbonyl (C=O) groups is 1. The van der Waals surface area contributed by atoms with E-state index < -0.39 is 24.5 Å². The number of nitrogens with two attached hydrogens (primary N) is 1. The summed E-state index contributed by atoms with van der Waals surface area (Å²) in [6, 6.07) is 0. The number of anilines is 1. The molecule has 11 heteroatoms. The average Bonchev–Trinajstić information content (AvgIpc) is 3.06. The van der Waals surface area contributed by atoms with Crippen molar-refractivity contribution in [1.29, 1.82) is 0 Å². The summed E-state index contributed by atoms with van der Waals surface area (Å²) in [5.41, 5.74) is 5.92. The summed E-state index contributed by atoms with van der Waals surface area (Å²) in [6.07, 6.45) is -1.000. The first-order chi connectivity index (χ1) is 11.4. The Morgan fingerprint density at radius 2 is 2.38 bits per heavy atom. The molecule has 2 aromatic heterocycles. The monoisotopic (exact) mass is 355 g/mol. The summed E-state index contributed by atoms with van der Waals surface area (Å²) < 4.78 is 12.9. The van der Waals surface area contributed by atoms with Crippen LogP contribution >= 0.6 is 11.3 Å². The third-order valence-corrected chi connectivity index (χ3v) is 4.48. The van der Waals surface area contributed by atoms with Gasteiger partial charge in [-0.05, 0) is 0 Å². The summed E-state index contributed by atoms with van der Waals surface area (Å²) in [5, 5.41) is 9.36. The molecule has 0 unspecified atom stereocenters. The maximum atomic E-state index is 12.4. The smallest absolute Gasteiger partial charge is 0.409 e. The van der Waals surface area contributed by atoms with Crippen LogP contribution in [0.2, 0.25) is 0 Å². The molecule has 24 heavy (non-hydrogen) atoms. The zero-order valence-corrected chi connectivity index (χ0v) is 13.9. The van der Waals surface area contributed by atoms with E-state index in [2.05, 4.69) is 9.97 Å². The highest BCUT2D eigenvalue weighted by atomic mass is 32.1. The van der Waals surface area contributed by atoms with Gasteiger partial charge in [-0.15, -0.1) is 0 Å². The van der Waals surface area contributed by atoms with Gasteiger partial charge < -0.3 is 25.2 Å². The number of carbonyl (C=O) groups excluding carboxylic acids is 1. The van der Waals surface area contributed by atoms with Gasteiger partial charge in [-0.1, -0.05) is 11.3 Å². The Morgan fingerprint density at radius 1 is 1.62 bits per heavy atom. The molecule has 1 aliphatic rings. The van der Waals surface area contributed by atoms with Gasteiger partial charge in [0.25, 0.3) is 0 Å². The predicted octanol–water partition coefficient (Wildman–Crippen LogP) is -0.218. The Kier molecular flexibility index (Phi) is 4.39. The van der Waals surface area contributed by atoms with Gasteiger partial charge in [0.1, 0.15) is 0 Å². The van der Waals surface area contributed by atoms with Crippen molar-refractivity contribution in [1.82, 2.24) is 19.4 Å². The number of amides is 1. The van der Waals surface area contributed by atoms with Gasteiger partial charge in [0, 0.05) is 20.5 Å². The molecule has 0 saturated carbocycles. The molecular formula is C13H17N5O5S. The molecule has 0 aromatic carbocycles. The molecule has 1 amide bonds. The van der Waals surface area contributed by atoms with Crippen LogP contribution in [0.5, 0.6) is 0 Å². The Balaban J connectivity index is 2.02. The van der Waals surface area contributed by atoms with Crippen LogP contribution in [0.4, 0.5) is 10.7 Å². The molecule has 3 rings (SSSR count). The lowest BCUT2D eigenvalue weighted by atomic mass is 10.2. The van der Waals surface area contributed by atoms with Crippen molar-refractivity contribution in [2.24, 2.45) is 0 Å². The lowest BCUT2D eigenvalue weighted by Crippen LogP contribution is -2.34. The van der Waals surface area contributed by atoms with Crippen LogP contribution in [0.15, 0.2) is 11.0 Å². The fourth-order valence-corrected chi connectivity index (χ4v) is 3.29. The van der Waals surface area contributed by atoms with E-state index in [4.69, 9.17) is 15.2 Å². The van der Waals surface area contributed by atoms with Crippen molar-refractivity contribution in [2.45, 2.75) is 24.9 Å². The van der Waals surface area contributed by atoms with E-state index in [1.165, 1.54) is 15.7 Å². The van der Waals surface area contributed by atoms with Gasteiger partial charge in [0.05, 0.1) is 23.6 Å². The Morgan fingerprint density at radius 3 is 3.04 bits per heavy atom. The van der Waals surface area contributed by atoms with E-state index in [1.807, 2.05) is 0 Å². The summed E-state index contributed by atoms with van der Waals surface area (Å²) >= 11 is 0.944. The third-order valence-electron chi connectivity index (χ3n) is 3.60. The Hall–Kier alpha value is -2.24. The molecule has 3 heterocycles. The zero-order chi connectivity index (χ0) is 17.4. The van der Waals surface area contributed by atoms with Gasteiger partial charge >= 0.3 is 11.0 Å². The largest absolute Gasteiger partial charge is 0.441 e. The molecule has 3 atom stereocenters. The lowest BCUT2D eigenvalue weighted by Gasteiger charge is -2.21. The maximum Gasteiger partial charge on any atom is 0.409 e. The molecular weight excluding hydrogens is 338 g/mol. The minimum absolute atomic E-state index is 0.0209. The van der Waals surface area contributed by atoms with Crippen LogP contribution in [0, 0.1) is 0 Å². The van der Waals surface area contributed by atoms with Crippen LogP contribution in [-0.2, 0) is 9.47 Å². The molecule has 1 aliphatic heterocycles. The number of rotatable bonds is 3. The zero-order valence-electron chi connectivity index (χ0n) is 13.1. The topological polar surface area (TPSA) is 133 Å². The highest BCUT2D eigenvalue weighted by molar-refractivity contribution is 7.16. The second-order valence-electron chi connectivity index (χ2n) is 5.54. The number of ether oxygens (including phenoxy) is 2. The first kappa shape index (κ1) is 16.6. The Bertz CT molecular complexity index is 819. The lowest BCUT2D eigenvalue weighted by molar-refractivity contribution is -0.0552. The van der Waals surface area contributed by atoms with E-state index >= 15 is 0 Å². The minimum atomic E-state index is -0.887. The van der Waals surface area contributed by atoms with Crippen molar-refractivity contribution < 1.29 is 19.4 Å². The van der Waals surface area contributed by atoms with Crippen LogP contribution in [0.25, 0.3) is 10.3 Å². The van der Waals surface area contributed by atoms with Crippen molar-refractivity contribution >= 4 is 33.7 Å². The fraction of sp³-hybridized carbons (Fsp3) is 0.538. The van der Waals surface area contributed by atoms with E-state index in [9.17, 15) is 14.7 Å². The van der Waals surface area contributed by atoms with Gasteiger partial charge in [-0.3, -0.25) is 9.36 Å². The molecule has 10 nitrogen and oxygen atoms in total. The highest BCUT2D eigenvalue weighted by Gasteiger charge is 2.41. The van der Waals surface area contributed by atoms with Gasteiger partial charge in [-0.25, -0.2) is 9.78 Å². The normalized spacial score (nSPS) is 23.5. The molecule has 2 aromatic rings. The molecule has 1 fully saturated rings. The summed E-state index contributed by atoms with van der Waals surface area (Å²) in [5.74, 6) is 0.0209. The standard InChI is InChI=1S/C13H17N5O5S/c1-17(2)12(20)23-7-3-6(5-19)22-10(7)18-9-8(24-13(18)21)4-15-11(14)16-9/h4,6-7,10,19H,3,5H2,1-2H3,(H2,14,15,16)/t6-,7+,10+/m0/s1. The van der Waals surface area contributed by atoms with Crippen LogP contribution in [0.3, 0.4) is 0 Å². The predicted molar refractivity (Wildman–Crippen MR) is 85.7 cm³/mol. The molecule has 1 saturated heterocycles. The number of aliphatic hydroxyl groups excluding tert-OH is 1. The van der Waals surface area contributed by atoms with Gasteiger partial charge in [0.2, 0.25) is 5.95 Å². The molecule has 0 spiro atoms. The molecule has 0 bridgehead atoms. The number of aliphatic hydroxyl groups is 1. The molecule has 0 aliphatic carbocycles. The van der Waals surface area contributed by atoms with E-state index in [-0.39, 0.29) is 23.8 Å². The number of nitrogens with zero attached hydrogens (tertiary/aromatic N) is 4. The molecule has 3 N–H and O–H groups in total. The average molecular weight is 355 g/mol. The first-order valence-electron chi connectivity index (χ1n) is 7.18. The second kappa shape index (κ2) is 6.34. The maximum absolute atomic E-state index is 12.4. The number of hydrogen-bond donors (Lipinski definition) is 2. The van der Waals surface area contributed by atoms with E-state index in [1.54, 1.807) is 14.1 Å². The van der Waals surface area contributed by atoms with Crippen molar-refractivity contribution in [3.05, 3.63) is 15.9 Å². The van der Waals surface area contributed by atoms with E-state index in [0.717, 1.165) is 11.3 Å². The van der Waals surface area contributed by atoms with Crippen molar-refractivity contribution in [3.8, 4) is 0 Å². The van der Waals surface area contributed by atoms with Crippen LogP contribution in [0.1, 0.15) is 12.6 Å². The SMILES string of the molecule is CN(C)C(=O)O[C@@H]1C[C@@H](CO)O[C@H]1n1c(=O)sc2cnc(N)nc21. The fourth-order valence-electron chi connectivity index (χ4n) is 2.48. The van der Waals surface area contributed by atoms with Crippen LogP contribution in [-0.4, -0.2) is 63.5 Å². The minimum Gasteiger partial charge on any atom is -0.441 e.